The van der Waals surface area contributed by atoms with E-state index in [2.05, 4.69) is 46.7 Å². The number of nitrogens with zero attached hydrogens (tertiary/aromatic N) is 1. The zero-order valence-corrected chi connectivity index (χ0v) is 19.9. The molecule has 7 nitrogen and oxygen atoms in total. The summed E-state index contributed by atoms with van der Waals surface area (Å²) in [5.74, 6) is 2.26. The fourth-order valence-corrected chi connectivity index (χ4v) is 4.35. The van der Waals surface area contributed by atoms with Crippen LogP contribution in [0.25, 0.3) is 0 Å². The van der Waals surface area contributed by atoms with Crippen LogP contribution in [-0.4, -0.2) is 50.9 Å². The van der Waals surface area contributed by atoms with Crippen LogP contribution < -0.4 is 24.8 Å². The van der Waals surface area contributed by atoms with Gasteiger partial charge in [-0.15, -0.1) is 0 Å². The van der Waals surface area contributed by atoms with E-state index in [4.69, 9.17) is 14.2 Å². The normalized spacial score (nSPS) is 16.8. The van der Waals surface area contributed by atoms with Crippen molar-refractivity contribution in [2.24, 2.45) is 0 Å². The molecule has 3 rings (SSSR count). The molecule has 1 heterocycles. The highest BCUT2D eigenvalue weighted by Crippen LogP contribution is 2.40. The standard InChI is InChI=1S/C25H35N3O4/c1-16(2)26-25(29)27-17(3)24-21-14-23(32-6)22(31-5)13-19(21)11-12-28(24)15-18-7-9-20(30-4)10-8-18/h7-10,13-14,16-17,24H,11-12,15H2,1-6H3,(H2,26,27,29)/t17-,24-/m0/s1. The van der Waals surface area contributed by atoms with Gasteiger partial charge in [0.1, 0.15) is 5.75 Å². The van der Waals surface area contributed by atoms with Gasteiger partial charge in [0.15, 0.2) is 11.5 Å². The number of urea groups is 1. The second-order valence-electron chi connectivity index (χ2n) is 8.48. The lowest BCUT2D eigenvalue weighted by Gasteiger charge is -2.41. The number of methoxy groups -OCH3 is 3. The van der Waals surface area contributed by atoms with Gasteiger partial charge in [-0.1, -0.05) is 12.1 Å². The number of carbonyl (C=O) groups excluding carboxylic acids is 1. The maximum Gasteiger partial charge on any atom is 0.315 e. The molecule has 2 atom stereocenters. The zero-order chi connectivity index (χ0) is 23.3. The number of hydrogen-bond acceptors (Lipinski definition) is 5. The summed E-state index contributed by atoms with van der Waals surface area (Å²) in [6.07, 6.45) is 0.896. The van der Waals surface area contributed by atoms with Gasteiger partial charge in [0.2, 0.25) is 0 Å². The molecule has 0 spiro atoms. The third-order valence-corrected chi connectivity index (χ3v) is 5.82. The van der Waals surface area contributed by atoms with Crippen LogP contribution >= 0.6 is 0 Å². The summed E-state index contributed by atoms with van der Waals surface area (Å²) < 4.78 is 16.4. The number of rotatable bonds is 8. The second kappa shape index (κ2) is 10.6. The molecule has 2 N–H and O–H groups in total. The summed E-state index contributed by atoms with van der Waals surface area (Å²) in [7, 11) is 4.97. The number of ether oxygens (including phenoxy) is 3. The first-order chi connectivity index (χ1) is 15.4. The Bertz CT molecular complexity index is 914. The van der Waals surface area contributed by atoms with E-state index < -0.39 is 0 Å². The third kappa shape index (κ3) is 5.46. The van der Waals surface area contributed by atoms with Crippen LogP contribution in [0.2, 0.25) is 0 Å². The van der Waals surface area contributed by atoms with Gasteiger partial charge in [0.25, 0.3) is 0 Å². The summed E-state index contributed by atoms with van der Waals surface area (Å²) in [6, 6.07) is 12.0. The SMILES string of the molecule is COc1ccc(CN2CCc3cc(OC)c(OC)cc3[C@@H]2[C@H](C)NC(=O)NC(C)C)cc1. The fourth-order valence-electron chi connectivity index (χ4n) is 4.35. The minimum Gasteiger partial charge on any atom is -0.497 e. The number of amides is 2. The molecule has 0 aliphatic carbocycles. The minimum atomic E-state index is -0.163. The molecule has 2 amide bonds. The van der Waals surface area contributed by atoms with Gasteiger partial charge in [0.05, 0.1) is 27.4 Å². The highest BCUT2D eigenvalue weighted by atomic mass is 16.5. The van der Waals surface area contributed by atoms with E-state index in [9.17, 15) is 4.79 Å². The van der Waals surface area contributed by atoms with Crippen LogP contribution in [0.15, 0.2) is 36.4 Å². The molecule has 0 bridgehead atoms. The smallest absolute Gasteiger partial charge is 0.315 e. The van der Waals surface area contributed by atoms with Gasteiger partial charge < -0.3 is 24.8 Å². The Kier molecular flexibility index (Phi) is 7.85. The Morgan fingerprint density at radius 2 is 1.66 bits per heavy atom. The Balaban J connectivity index is 1.94. The van der Waals surface area contributed by atoms with E-state index in [0.29, 0.717) is 5.75 Å². The first-order valence-electron chi connectivity index (χ1n) is 11.0. The van der Waals surface area contributed by atoms with Crippen LogP contribution in [0.1, 0.15) is 43.5 Å². The van der Waals surface area contributed by atoms with Crippen molar-refractivity contribution in [2.45, 2.75) is 51.9 Å². The van der Waals surface area contributed by atoms with Crippen LogP contribution in [0.4, 0.5) is 4.79 Å². The first kappa shape index (κ1) is 23.7. The van der Waals surface area contributed by atoms with Crippen molar-refractivity contribution < 1.29 is 19.0 Å². The summed E-state index contributed by atoms with van der Waals surface area (Å²) in [6.45, 7) is 7.59. The van der Waals surface area contributed by atoms with Crippen molar-refractivity contribution in [1.82, 2.24) is 15.5 Å². The molecule has 0 fully saturated rings. The van der Waals surface area contributed by atoms with Gasteiger partial charge in [-0.05, 0) is 68.1 Å². The third-order valence-electron chi connectivity index (χ3n) is 5.82. The largest absolute Gasteiger partial charge is 0.497 e. The average molecular weight is 442 g/mol. The number of benzene rings is 2. The van der Waals surface area contributed by atoms with E-state index in [0.717, 1.165) is 36.6 Å². The van der Waals surface area contributed by atoms with Crippen molar-refractivity contribution in [3.63, 3.8) is 0 Å². The lowest BCUT2D eigenvalue weighted by molar-refractivity contribution is 0.143. The molecule has 32 heavy (non-hydrogen) atoms. The van der Waals surface area contributed by atoms with Crippen LogP contribution in [0.5, 0.6) is 17.2 Å². The highest BCUT2D eigenvalue weighted by molar-refractivity contribution is 5.74. The monoisotopic (exact) mass is 441 g/mol. The Labute approximate surface area is 191 Å². The Morgan fingerprint density at radius 3 is 2.25 bits per heavy atom. The summed E-state index contributed by atoms with van der Waals surface area (Å²) in [4.78, 5) is 14.9. The van der Waals surface area contributed by atoms with E-state index in [-0.39, 0.29) is 24.2 Å². The van der Waals surface area contributed by atoms with Crippen LogP contribution in [-0.2, 0) is 13.0 Å². The van der Waals surface area contributed by atoms with Gasteiger partial charge in [-0.2, -0.15) is 0 Å². The first-order valence-corrected chi connectivity index (χ1v) is 11.0. The van der Waals surface area contributed by atoms with E-state index in [1.165, 1.54) is 11.1 Å². The van der Waals surface area contributed by atoms with Gasteiger partial charge in [-0.25, -0.2) is 4.79 Å². The highest BCUT2D eigenvalue weighted by Gasteiger charge is 2.33. The topological polar surface area (TPSA) is 72.1 Å². The molecule has 1 aliphatic heterocycles. The predicted molar refractivity (Wildman–Crippen MR) is 126 cm³/mol. The second-order valence-corrected chi connectivity index (χ2v) is 8.48. The Morgan fingerprint density at radius 1 is 1.00 bits per heavy atom. The van der Waals surface area contributed by atoms with E-state index in [1.54, 1.807) is 21.3 Å². The number of nitrogens with one attached hydrogen (secondary N) is 2. The molecule has 1 aliphatic rings. The number of fused-ring (bicyclic) bond motifs is 1. The predicted octanol–water partition coefficient (Wildman–Crippen LogP) is 3.91. The van der Waals surface area contributed by atoms with Gasteiger partial charge in [0, 0.05) is 25.2 Å². The molecule has 174 valence electrons. The molecule has 0 aromatic heterocycles. The van der Waals surface area contributed by atoms with E-state index >= 15 is 0 Å². The summed E-state index contributed by atoms with van der Waals surface area (Å²) >= 11 is 0. The fraction of sp³-hybridized carbons (Fsp3) is 0.480. The summed E-state index contributed by atoms with van der Waals surface area (Å²) in [5, 5.41) is 6.07. The van der Waals surface area contributed by atoms with Crippen molar-refractivity contribution >= 4 is 6.03 Å². The van der Waals surface area contributed by atoms with Gasteiger partial charge >= 0.3 is 6.03 Å². The molecular weight excluding hydrogens is 406 g/mol. The molecule has 2 aromatic rings. The number of hydrogen-bond donors (Lipinski definition) is 2. The number of carbonyl (C=O) groups is 1. The molecular formula is C25H35N3O4. The maximum absolute atomic E-state index is 12.5. The molecule has 7 heteroatoms. The maximum atomic E-state index is 12.5. The molecule has 0 unspecified atom stereocenters. The zero-order valence-electron chi connectivity index (χ0n) is 19.9. The quantitative estimate of drug-likeness (QED) is 0.650. The summed E-state index contributed by atoms with van der Waals surface area (Å²) in [5.41, 5.74) is 3.56. The lowest BCUT2D eigenvalue weighted by Crippen LogP contribution is -2.50. The van der Waals surface area contributed by atoms with Gasteiger partial charge in [-0.3, -0.25) is 4.90 Å². The van der Waals surface area contributed by atoms with E-state index in [1.807, 2.05) is 26.0 Å². The van der Waals surface area contributed by atoms with Crippen LogP contribution in [0.3, 0.4) is 0 Å². The van der Waals surface area contributed by atoms with Crippen molar-refractivity contribution in [3.05, 3.63) is 53.1 Å². The molecule has 0 saturated carbocycles. The van der Waals surface area contributed by atoms with Crippen molar-refractivity contribution in [2.75, 3.05) is 27.9 Å². The average Bonchev–Trinajstić information content (AvgIpc) is 2.77. The van der Waals surface area contributed by atoms with Crippen LogP contribution in [0, 0.1) is 0 Å². The van der Waals surface area contributed by atoms with Crippen molar-refractivity contribution in [1.29, 1.82) is 0 Å². The molecule has 0 saturated heterocycles. The lowest BCUT2D eigenvalue weighted by atomic mass is 9.87. The minimum absolute atomic E-state index is 0.0152. The molecule has 2 aromatic carbocycles. The van der Waals surface area contributed by atoms with Crippen molar-refractivity contribution in [3.8, 4) is 17.2 Å². The Hall–Kier alpha value is -2.93. The molecule has 0 radical (unpaired) electrons.